The number of thiophene rings is 1. The van der Waals surface area contributed by atoms with E-state index < -0.39 is 0 Å². The van der Waals surface area contributed by atoms with E-state index in [1.807, 2.05) is 0 Å². The summed E-state index contributed by atoms with van der Waals surface area (Å²) >= 11 is 1.73. The molecule has 1 heterocycles. The monoisotopic (exact) mass is 307 g/mol. The summed E-state index contributed by atoms with van der Waals surface area (Å²) < 4.78 is 0. The van der Waals surface area contributed by atoms with Gasteiger partial charge in [-0.05, 0) is 29.3 Å². The summed E-state index contributed by atoms with van der Waals surface area (Å²) in [5, 5.41) is 5.54. The maximum Gasteiger partial charge on any atom is 0.0445 e. The number of hydrogen-bond donors (Lipinski definition) is 0. The molecule has 0 N–H and O–H groups in total. The van der Waals surface area contributed by atoms with Crippen molar-refractivity contribution in [3.8, 4) is 0 Å². The molecular weight excluding hydrogens is 272 g/mol. The van der Waals surface area contributed by atoms with Crippen molar-refractivity contribution in [2.24, 2.45) is 5.92 Å². The molecule has 0 amide bonds. The third kappa shape index (κ3) is 10.1. The molecular formula is C20H35S. The number of hydrogen-bond acceptors (Lipinski definition) is 1. The predicted molar refractivity (Wildman–Crippen MR) is 97.1 cm³/mol. The summed E-state index contributed by atoms with van der Waals surface area (Å²) in [5.74, 6) is 0.913. The number of unbranched alkanes of at least 4 members (excludes halogenated alkanes) is 8. The van der Waals surface area contributed by atoms with Crippen LogP contribution in [0.1, 0.15) is 96.5 Å². The lowest BCUT2D eigenvalue weighted by Crippen LogP contribution is -2.04. The van der Waals surface area contributed by atoms with Crippen molar-refractivity contribution < 1.29 is 0 Å². The SMILES string of the molecule is CCCCCCCCC(CCCCCC)Cc1c[c]sc1. The van der Waals surface area contributed by atoms with Crippen molar-refractivity contribution in [3.05, 3.63) is 22.4 Å². The highest BCUT2D eigenvalue weighted by Gasteiger charge is 2.10. The van der Waals surface area contributed by atoms with E-state index in [1.165, 1.54) is 89.0 Å². The van der Waals surface area contributed by atoms with E-state index in [1.54, 1.807) is 11.3 Å². The Morgan fingerprint density at radius 2 is 1.43 bits per heavy atom. The highest BCUT2D eigenvalue weighted by molar-refractivity contribution is 7.07. The zero-order chi connectivity index (χ0) is 15.2. The zero-order valence-electron chi connectivity index (χ0n) is 14.3. The molecule has 0 saturated carbocycles. The quantitative estimate of drug-likeness (QED) is 0.313. The van der Waals surface area contributed by atoms with Crippen LogP contribution >= 0.6 is 11.3 Å². The Balaban J connectivity index is 2.19. The number of rotatable bonds is 14. The summed E-state index contributed by atoms with van der Waals surface area (Å²) in [6.45, 7) is 4.60. The van der Waals surface area contributed by atoms with Crippen LogP contribution in [0.2, 0.25) is 0 Å². The van der Waals surface area contributed by atoms with Gasteiger partial charge in [-0.25, -0.2) is 0 Å². The molecule has 0 spiro atoms. The fourth-order valence-corrected chi connectivity index (χ4v) is 3.72. The van der Waals surface area contributed by atoms with Crippen LogP contribution in [0.15, 0.2) is 11.4 Å². The van der Waals surface area contributed by atoms with Gasteiger partial charge in [0.1, 0.15) is 0 Å². The topological polar surface area (TPSA) is 0 Å². The van der Waals surface area contributed by atoms with Crippen LogP contribution in [0, 0.1) is 11.3 Å². The molecule has 0 aromatic carbocycles. The van der Waals surface area contributed by atoms with Gasteiger partial charge in [-0.1, -0.05) is 90.9 Å². The third-order valence-electron chi connectivity index (χ3n) is 4.48. The third-order valence-corrected chi connectivity index (χ3v) is 5.15. The lowest BCUT2D eigenvalue weighted by Gasteiger charge is -2.16. The maximum atomic E-state index is 3.24. The van der Waals surface area contributed by atoms with Crippen molar-refractivity contribution in [1.82, 2.24) is 0 Å². The van der Waals surface area contributed by atoms with Crippen molar-refractivity contribution in [3.63, 3.8) is 0 Å². The first-order valence-corrected chi connectivity index (χ1v) is 10.2. The molecule has 0 nitrogen and oxygen atoms in total. The molecule has 121 valence electrons. The summed E-state index contributed by atoms with van der Waals surface area (Å²) in [7, 11) is 0. The largest absolute Gasteiger partial charge is 0.143 e. The van der Waals surface area contributed by atoms with Crippen LogP contribution in [0.25, 0.3) is 0 Å². The van der Waals surface area contributed by atoms with E-state index in [-0.39, 0.29) is 0 Å². The minimum Gasteiger partial charge on any atom is -0.143 e. The van der Waals surface area contributed by atoms with Crippen LogP contribution in [0.5, 0.6) is 0 Å². The van der Waals surface area contributed by atoms with E-state index in [9.17, 15) is 0 Å². The van der Waals surface area contributed by atoms with Gasteiger partial charge in [0.15, 0.2) is 0 Å². The first-order valence-electron chi connectivity index (χ1n) is 9.30. The smallest absolute Gasteiger partial charge is 0.0445 e. The van der Waals surface area contributed by atoms with Crippen LogP contribution in [-0.4, -0.2) is 0 Å². The van der Waals surface area contributed by atoms with Gasteiger partial charge in [-0.2, -0.15) is 0 Å². The van der Waals surface area contributed by atoms with Crippen LogP contribution < -0.4 is 0 Å². The molecule has 0 bridgehead atoms. The Morgan fingerprint density at radius 3 is 2.00 bits per heavy atom. The molecule has 0 aliphatic carbocycles. The Morgan fingerprint density at radius 1 is 0.857 bits per heavy atom. The first-order chi connectivity index (χ1) is 10.4. The van der Waals surface area contributed by atoms with Crippen molar-refractivity contribution in [2.75, 3.05) is 0 Å². The minimum absolute atomic E-state index is 0.913. The highest BCUT2D eigenvalue weighted by Crippen LogP contribution is 2.23. The van der Waals surface area contributed by atoms with E-state index in [2.05, 4.69) is 30.7 Å². The minimum atomic E-state index is 0.913. The molecule has 0 aliphatic rings. The van der Waals surface area contributed by atoms with E-state index in [4.69, 9.17) is 0 Å². The Bertz CT molecular complexity index is 302. The van der Waals surface area contributed by atoms with Crippen LogP contribution in [0.3, 0.4) is 0 Å². The maximum absolute atomic E-state index is 3.24. The Hall–Kier alpha value is -0.300. The molecule has 21 heavy (non-hydrogen) atoms. The summed E-state index contributed by atoms with van der Waals surface area (Å²) in [6.07, 6.45) is 18.3. The van der Waals surface area contributed by atoms with E-state index in [0.29, 0.717) is 0 Å². The van der Waals surface area contributed by atoms with Crippen molar-refractivity contribution in [2.45, 2.75) is 97.3 Å². The van der Waals surface area contributed by atoms with E-state index in [0.717, 1.165) is 5.92 Å². The van der Waals surface area contributed by atoms with E-state index >= 15 is 0 Å². The second-order valence-corrected chi connectivity index (χ2v) is 7.26. The first kappa shape index (κ1) is 18.7. The summed E-state index contributed by atoms with van der Waals surface area (Å²) in [5.41, 5.74) is 1.52. The molecule has 1 aromatic heterocycles. The molecule has 0 aliphatic heterocycles. The lowest BCUT2D eigenvalue weighted by molar-refractivity contribution is 0.402. The van der Waals surface area contributed by atoms with Crippen molar-refractivity contribution >= 4 is 11.3 Å². The average molecular weight is 308 g/mol. The zero-order valence-corrected chi connectivity index (χ0v) is 15.1. The fourth-order valence-electron chi connectivity index (χ4n) is 3.12. The summed E-state index contributed by atoms with van der Waals surface area (Å²) in [4.78, 5) is 0. The normalized spacial score (nSPS) is 12.7. The van der Waals surface area contributed by atoms with Gasteiger partial charge in [-0.15, -0.1) is 11.3 Å². The molecule has 1 rings (SSSR count). The van der Waals surface area contributed by atoms with Gasteiger partial charge in [0.25, 0.3) is 0 Å². The molecule has 0 fully saturated rings. The Labute approximate surface area is 137 Å². The lowest BCUT2D eigenvalue weighted by atomic mass is 9.89. The molecule has 1 radical (unpaired) electrons. The summed E-state index contributed by atoms with van der Waals surface area (Å²) in [6, 6.07) is 2.20. The van der Waals surface area contributed by atoms with Gasteiger partial charge < -0.3 is 0 Å². The van der Waals surface area contributed by atoms with Crippen LogP contribution in [0.4, 0.5) is 0 Å². The predicted octanol–water partition coefficient (Wildman–Crippen LogP) is 7.43. The average Bonchev–Trinajstić information content (AvgIpc) is 2.99. The molecule has 1 heteroatoms. The second-order valence-electron chi connectivity index (χ2n) is 6.55. The molecule has 1 atom stereocenters. The standard InChI is InChI=1S/C20H35S/c1-3-5-7-9-10-12-14-19(13-11-8-6-4-2)17-20-15-16-21-18-20/h15,18-19H,3-14,17H2,1-2H3. The molecule has 1 unspecified atom stereocenters. The van der Waals surface area contributed by atoms with Crippen LogP contribution in [-0.2, 0) is 6.42 Å². The second kappa shape index (κ2) is 13.4. The fraction of sp³-hybridized carbons (Fsp3) is 0.800. The highest BCUT2D eigenvalue weighted by atomic mass is 32.1. The van der Waals surface area contributed by atoms with Gasteiger partial charge in [-0.3, -0.25) is 0 Å². The molecule has 0 saturated heterocycles. The van der Waals surface area contributed by atoms with Gasteiger partial charge in [0.2, 0.25) is 0 Å². The van der Waals surface area contributed by atoms with Gasteiger partial charge in [0.05, 0.1) is 0 Å². The van der Waals surface area contributed by atoms with Gasteiger partial charge >= 0.3 is 0 Å². The van der Waals surface area contributed by atoms with Crippen molar-refractivity contribution in [1.29, 1.82) is 0 Å². The van der Waals surface area contributed by atoms with Gasteiger partial charge in [0, 0.05) is 5.38 Å². The molecule has 1 aromatic rings. The Kier molecular flexibility index (Phi) is 11.9.